The first-order chi connectivity index (χ1) is 13.6. The van der Waals surface area contributed by atoms with Crippen molar-refractivity contribution >= 4 is 17.4 Å². The molecule has 0 unspecified atom stereocenters. The molecule has 3 aromatic rings. The van der Waals surface area contributed by atoms with E-state index in [1.807, 2.05) is 13.8 Å². The second-order valence-electron chi connectivity index (χ2n) is 5.32. The minimum atomic E-state index is -4.74. The first kappa shape index (κ1) is 22.6. The summed E-state index contributed by atoms with van der Waals surface area (Å²) in [6.45, 7) is 4.00. The number of thioether (sulfide) groups is 1. The molecule has 0 aliphatic carbocycles. The third-order valence-electron chi connectivity index (χ3n) is 3.56. The van der Waals surface area contributed by atoms with Gasteiger partial charge in [0.25, 0.3) is 0 Å². The lowest BCUT2D eigenvalue weighted by Crippen LogP contribution is -2.13. The Hall–Kier alpha value is -2.67. The molecule has 154 valence electrons. The summed E-state index contributed by atoms with van der Waals surface area (Å²) < 4.78 is 78.9. The summed E-state index contributed by atoms with van der Waals surface area (Å²) in [6, 6.07) is 4.48. The molecule has 0 amide bonds. The molecule has 0 bridgehead atoms. The summed E-state index contributed by atoms with van der Waals surface area (Å²) in [7, 11) is 0. The average molecular weight is 431 g/mol. The zero-order chi connectivity index (χ0) is 21.8. The summed E-state index contributed by atoms with van der Waals surface area (Å²) >= 11 is 1.17. The van der Waals surface area contributed by atoms with Gasteiger partial charge in [0.15, 0.2) is 11.3 Å². The Morgan fingerprint density at radius 1 is 0.966 bits per heavy atom. The first-order valence-electron chi connectivity index (χ1n) is 8.29. The van der Waals surface area contributed by atoms with Crippen LogP contribution in [-0.2, 0) is 12.4 Å². The number of alkyl halides is 6. The summed E-state index contributed by atoms with van der Waals surface area (Å²) in [5.74, 6) is 2.65. The van der Waals surface area contributed by atoms with Crippen molar-refractivity contribution < 1.29 is 26.3 Å². The topological polar surface area (TPSA) is 30.2 Å². The fraction of sp³-hybridized carbons (Fsp3) is 0.263. The number of halogens is 6. The van der Waals surface area contributed by atoms with E-state index in [4.69, 9.17) is 0 Å². The molecule has 10 heteroatoms. The number of hydrogen-bond donors (Lipinski definition) is 0. The van der Waals surface area contributed by atoms with Crippen LogP contribution in [0.3, 0.4) is 0 Å². The molecule has 0 radical (unpaired) electrons. The van der Waals surface area contributed by atoms with Gasteiger partial charge in [0.1, 0.15) is 0 Å². The summed E-state index contributed by atoms with van der Waals surface area (Å²) in [5, 5.41) is 6.34. The molecule has 0 aliphatic rings. The molecule has 0 fully saturated rings. The molecule has 0 N–H and O–H groups in total. The van der Waals surface area contributed by atoms with Crippen LogP contribution in [0, 0.1) is 11.2 Å². The summed E-state index contributed by atoms with van der Waals surface area (Å²) in [5.41, 5.74) is -1.96. The van der Waals surface area contributed by atoms with Crippen molar-refractivity contribution in [3.63, 3.8) is 0 Å². The van der Waals surface area contributed by atoms with E-state index < -0.39 is 23.6 Å². The third-order valence-corrected chi connectivity index (χ3v) is 3.86. The number of nitrogens with zero attached hydrogens (tertiary/aromatic N) is 3. The van der Waals surface area contributed by atoms with Gasteiger partial charge in [0.2, 0.25) is 0 Å². The molecule has 3 rings (SSSR count). The van der Waals surface area contributed by atoms with E-state index in [0.29, 0.717) is 4.52 Å². The molecule has 0 saturated heterocycles. The minimum absolute atomic E-state index is 0.112. The maximum absolute atomic E-state index is 13.4. The molecule has 1 aromatic carbocycles. The van der Waals surface area contributed by atoms with Gasteiger partial charge >= 0.3 is 12.4 Å². The maximum Gasteiger partial charge on any atom is 0.433 e. The van der Waals surface area contributed by atoms with Gasteiger partial charge in [-0.1, -0.05) is 37.7 Å². The first-order valence-corrected chi connectivity index (χ1v) is 9.51. The predicted molar refractivity (Wildman–Crippen MR) is 100 cm³/mol. The monoisotopic (exact) mass is 431 g/mol. The van der Waals surface area contributed by atoms with Crippen LogP contribution in [0.15, 0.2) is 36.5 Å². The van der Waals surface area contributed by atoms with E-state index >= 15 is 0 Å². The van der Waals surface area contributed by atoms with Gasteiger partial charge in [-0.15, -0.1) is 0 Å². The highest BCUT2D eigenvalue weighted by atomic mass is 32.2. The lowest BCUT2D eigenvalue weighted by Gasteiger charge is -2.12. The highest BCUT2D eigenvalue weighted by Gasteiger charge is 2.36. The van der Waals surface area contributed by atoms with E-state index in [1.165, 1.54) is 11.8 Å². The van der Waals surface area contributed by atoms with Crippen molar-refractivity contribution in [2.24, 2.45) is 0 Å². The highest BCUT2D eigenvalue weighted by Crippen LogP contribution is 2.34. The standard InChI is InChI=1S/C17H9F6N3S.C2H6/c1-27-7-6-11-9-24-26-14(17(21,22)23)8-13(25-15(11)26)10-2-4-12(5-3-10)16(18,19)20;1-2/h2-5,8-9H,1H3;1-2H3. The molecular formula is C19H15F6N3S. The number of fused-ring (bicyclic) bond motifs is 1. The van der Waals surface area contributed by atoms with E-state index in [2.05, 4.69) is 21.3 Å². The fourth-order valence-electron chi connectivity index (χ4n) is 2.34. The van der Waals surface area contributed by atoms with E-state index in [-0.39, 0.29) is 22.5 Å². The second kappa shape index (κ2) is 8.78. The Labute approximate surface area is 167 Å². The Kier molecular flexibility index (Phi) is 6.85. The Morgan fingerprint density at radius 3 is 2.10 bits per heavy atom. The van der Waals surface area contributed by atoms with Crippen molar-refractivity contribution in [1.82, 2.24) is 14.6 Å². The molecule has 0 spiro atoms. The van der Waals surface area contributed by atoms with Crippen molar-refractivity contribution in [1.29, 1.82) is 0 Å². The zero-order valence-corrected chi connectivity index (χ0v) is 16.3. The van der Waals surface area contributed by atoms with Gasteiger partial charge in [0, 0.05) is 5.56 Å². The number of benzene rings is 1. The third kappa shape index (κ3) is 5.03. The molecular weight excluding hydrogens is 416 g/mol. The number of aromatic nitrogens is 3. The van der Waals surface area contributed by atoms with Crippen LogP contribution in [0.25, 0.3) is 16.9 Å². The smallest absolute Gasteiger partial charge is 0.227 e. The average Bonchev–Trinajstić information content (AvgIpc) is 3.08. The Balaban J connectivity index is 0.00000145. The lowest BCUT2D eigenvalue weighted by atomic mass is 10.1. The van der Waals surface area contributed by atoms with Crippen LogP contribution < -0.4 is 0 Å². The molecule has 0 saturated carbocycles. The van der Waals surface area contributed by atoms with Gasteiger partial charge in [-0.3, -0.25) is 0 Å². The van der Waals surface area contributed by atoms with Crippen molar-refractivity contribution in [3.8, 4) is 22.4 Å². The predicted octanol–water partition coefficient (Wildman–Crippen LogP) is 6.13. The van der Waals surface area contributed by atoms with Crippen LogP contribution >= 0.6 is 11.8 Å². The molecule has 3 nitrogen and oxygen atoms in total. The highest BCUT2D eigenvalue weighted by molar-refractivity contribution is 8.03. The van der Waals surface area contributed by atoms with Crippen LogP contribution in [0.5, 0.6) is 0 Å². The number of rotatable bonds is 1. The maximum atomic E-state index is 13.4. The van der Waals surface area contributed by atoms with Crippen molar-refractivity contribution in [2.45, 2.75) is 26.2 Å². The summed E-state index contributed by atoms with van der Waals surface area (Å²) in [4.78, 5) is 4.13. The van der Waals surface area contributed by atoms with Crippen LogP contribution in [0.1, 0.15) is 30.7 Å². The van der Waals surface area contributed by atoms with Gasteiger partial charge in [-0.2, -0.15) is 31.4 Å². The Morgan fingerprint density at radius 2 is 1.59 bits per heavy atom. The quantitative estimate of drug-likeness (QED) is 0.343. The van der Waals surface area contributed by atoms with E-state index in [9.17, 15) is 26.3 Å². The van der Waals surface area contributed by atoms with Gasteiger partial charge < -0.3 is 0 Å². The largest absolute Gasteiger partial charge is 0.433 e. The fourth-order valence-corrected chi connectivity index (χ4v) is 2.55. The van der Waals surface area contributed by atoms with Crippen LogP contribution in [0.2, 0.25) is 0 Å². The van der Waals surface area contributed by atoms with E-state index in [1.54, 1.807) is 6.26 Å². The normalized spacial score (nSPS) is 11.5. The summed E-state index contributed by atoms with van der Waals surface area (Å²) in [6.07, 6.45) is -6.42. The zero-order valence-electron chi connectivity index (χ0n) is 15.5. The van der Waals surface area contributed by atoms with Crippen molar-refractivity contribution in [3.05, 3.63) is 53.3 Å². The minimum Gasteiger partial charge on any atom is -0.227 e. The van der Waals surface area contributed by atoms with Crippen LogP contribution in [0.4, 0.5) is 26.3 Å². The van der Waals surface area contributed by atoms with Crippen LogP contribution in [-0.4, -0.2) is 20.9 Å². The molecule has 2 aromatic heterocycles. The van der Waals surface area contributed by atoms with Gasteiger partial charge in [-0.05, 0) is 35.6 Å². The lowest BCUT2D eigenvalue weighted by molar-refractivity contribution is -0.142. The van der Waals surface area contributed by atoms with Crippen molar-refractivity contribution in [2.75, 3.05) is 6.26 Å². The second-order valence-corrected chi connectivity index (χ2v) is 5.94. The molecule has 0 aliphatic heterocycles. The molecule has 29 heavy (non-hydrogen) atoms. The molecule has 2 heterocycles. The molecule has 0 atom stereocenters. The number of hydrogen-bond acceptors (Lipinski definition) is 3. The Bertz CT molecular complexity index is 1040. The van der Waals surface area contributed by atoms with E-state index in [0.717, 1.165) is 36.5 Å². The van der Waals surface area contributed by atoms with Gasteiger partial charge in [0.05, 0.1) is 23.0 Å². The van der Waals surface area contributed by atoms with Gasteiger partial charge in [-0.25, -0.2) is 9.50 Å². The SMILES string of the molecule is CC.CSC#Cc1cnn2c(C(F)(F)F)cc(-c3ccc(C(F)(F)F)cc3)nc12.